The van der Waals surface area contributed by atoms with Crippen LogP contribution in [0, 0.1) is 17.8 Å². The van der Waals surface area contributed by atoms with E-state index in [9.17, 15) is 4.79 Å². The predicted molar refractivity (Wildman–Crippen MR) is 85.4 cm³/mol. The fraction of sp³-hybridized carbons (Fsp3) is 0.500. The number of carbonyl (C=O) groups is 1. The van der Waals surface area contributed by atoms with Gasteiger partial charge in [0.15, 0.2) is 0 Å². The molecule has 4 nitrogen and oxygen atoms in total. The van der Waals surface area contributed by atoms with E-state index in [2.05, 4.69) is 26.5 Å². The van der Waals surface area contributed by atoms with Crippen LogP contribution in [0.3, 0.4) is 0 Å². The standard InChI is InChI=1S/C16H19BrN2O2/c1-21-14-7-6-11(17)8-10(14)9-18-19-16(20)15-12-4-2-3-5-13(12)15/h6-9,12-13,15H,2-5H2,1H3,(H,19,20). The molecule has 0 heterocycles. The van der Waals surface area contributed by atoms with Crippen LogP contribution < -0.4 is 10.2 Å². The number of amides is 1. The van der Waals surface area contributed by atoms with Crippen LogP contribution in [-0.2, 0) is 4.79 Å². The molecule has 2 aliphatic rings. The molecule has 1 amide bonds. The average Bonchev–Trinajstić information content (AvgIpc) is 3.22. The predicted octanol–water partition coefficient (Wildman–Crippen LogP) is 3.34. The van der Waals surface area contributed by atoms with Gasteiger partial charge in [0, 0.05) is 16.0 Å². The molecule has 21 heavy (non-hydrogen) atoms. The molecule has 2 fully saturated rings. The van der Waals surface area contributed by atoms with Crippen LogP contribution in [0.25, 0.3) is 0 Å². The lowest BCUT2D eigenvalue weighted by molar-refractivity contribution is -0.122. The van der Waals surface area contributed by atoms with Gasteiger partial charge in [0.2, 0.25) is 5.91 Å². The number of hydrazone groups is 1. The lowest BCUT2D eigenvalue weighted by Crippen LogP contribution is -2.20. The molecule has 0 radical (unpaired) electrons. The van der Waals surface area contributed by atoms with Crippen molar-refractivity contribution in [2.45, 2.75) is 25.7 Å². The number of benzene rings is 1. The summed E-state index contributed by atoms with van der Waals surface area (Å²) in [5.41, 5.74) is 3.51. The fourth-order valence-corrected chi connectivity index (χ4v) is 3.81. The molecule has 1 aromatic carbocycles. The molecule has 2 atom stereocenters. The Balaban J connectivity index is 1.60. The Morgan fingerprint density at radius 1 is 1.38 bits per heavy atom. The van der Waals surface area contributed by atoms with E-state index in [4.69, 9.17) is 4.74 Å². The largest absolute Gasteiger partial charge is 0.496 e. The van der Waals surface area contributed by atoms with Gasteiger partial charge in [-0.1, -0.05) is 28.8 Å². The zero-order chi connectivity index (χ0) is 14.8. The maximum atomic E-state index is 12.1. The van der Waals surface area contributed by atoms with Crippen molar-refractivity contribution in [3.63, 3.8) is 0 Å². The molecular formula is C16H19BrN2O2. The fourth-order valence-electron chi connectivity index (χ4n) is 3.43. The van der Waals surface area contributed by atoms with Gasteiger partial charge >= 0.3 is 0 Å². The minimum Gasteiger partial charge on any atom is -0.496 e. The van der Waals surface area contributed by atoms with Crippen molar-refractivity contribution in [1.29, 1.82) is 0 Å². The molecule has 0 bridgehead atoms. The van der Waals surface area contributed by atoms with E-state index in [1.807, 2.05) is 18.2 Å². The SMILES string of the molecule is COc1ccc(Br)cc1C=NNC(=O)C1C2CCCCC21. The zero-order valence-electron chi connectivity index (χ0n) is 12.0. The number of hydrogen-bond donors (Lipinski definition) is 1. The van der Waals surface area contributed by atoms with E-state index in [0.717, 1.165) is 15.8 Å². The molecule has 1 N–H and O–H groups in total. The highest BCUT2D eigenvalue weighted by Gasteiger charge is 2.54. The number of rotatable bonds is 4. The van der Waals surface area contributed by atoms with Crippen molar-refractivity contribution >= 4 is 28.1 Å². The minimum absolute atomic E-state index is 0.0668. The van der Waals surface area contributed by atoms with E-state index in [-0.39, 0.29) is 11.8 Å². The monoisotopic (exact) mass is 350 g/mol. The van der Waals surface area contributed by atoms with E-state index < -0.39 is 0 Å². The van der Waals surface area contributed by atoms with Crippen molar-refractivity contribution in [1.82, 2.24) is 5.43 Å². The van der Waals surface area contributed by atoms with Gasteiger partial charge in [-0.3, -0.25) is 4.79 Å². The van der Waals surface area contributed by atoms with Gasteiger partial charge in [-0.05, 0) is 42.9 Å². The van der Waals surface area contributed by atoms with Crippen LogP contribution in [-0.4, -0.2) is 19.2 Å². The van der Waals surface area contributed by atoms with Crippen molar-refractivity contribution in [3.05, 3.63) is 28.2 Å². The summed E-state index contributed by atoms with van der Waals surface area (Å²) in [6.07, 6.45) is 6.57. The number of carbonyl (C=O) groups excluding carboxylic acids is 1. The van der Waals surface area contributed by atoms with Crippen molar-refractivity contribution in [3.8, 4) is 5.75 Å². The second kappa shape index (κ2) is 6.18. The van der Waals surface area contributed by atoms with Crippen molar-refractivity contribution in [2.75, 3.05) is 7.11 Å². The lowest BCUT2D eigenvalue weighted by atomic mass is 10.0. The Bertz CT molecular complexity index is 561. The second-order valence-electron chi connectivity index (χ2n) is 5.76. The maximum absolute atomic E-state index is 12.1. The van der Waals surface area contributed by atoms with Gasteiger partial charge < -0.3 is 4.74 Å². The Morgan fingerprint density at radius 3 is 2.76 bits per heavy atom. The van der Waals surface area contributed by atoms with E-state index in [1.165, 1.54) is 25.7 Å². The first-order chi connectivity index (χ1) is 10.2. The number of halogens is 1. The molecule has 3 rings (SSSR count). The van der Waals surface area contributed by atoms with Crippen LogP contribution in [0.15, 0.2) is 27.8 Å². The smallest absolute Gasteiger partial charge is 0.243 e. The molecule has 0 spiro atoms. The number of fused-ring (bicyclic) bond motifs is 1. The van der Waals surface area contributed by atoms with E-state index in [0.29, 0.717) is 11.8 Å². The third kappa shape index (κ3) is 3.12. The first-order valence-corrected chi connectivity index (χ1v) is 8.16. The van der Waals surface area contributed by atoms with Crippen LogP contribution in [0.5, 0.6) is 5.75 Å². The Kier molecular flexibility index (Phi) is 4.29. The van der Waals surface area contributed by atoms with Gasteiger partial charge in [0.05, 0.1) is 13.3 Å². The van der Waals surface area contributed by atoms with Crippen molar-refractivity contribution < 1.29 is 9.53 Å². The molecule has 112 valence electrons. The lowest BCUT2D eigenvalue weighted by Gasteiger charge is -2.04. The summed E-state index contributed by atoms with van der Waals surface area (Å²) in [7, 11) is 1.62. The molecule has 1 aromatic rings. The summed E-state index contributed by atoms with van der Waals surface area (Å²) in [5, 5.41) is 4.09. The van der Waals surface area contributed by atoms with Gasteiger partial charge in [-0.25, -0.2) is 5.43 Å². The maximum Gasteiger partial charge on any atom is 0.243 e. The van der Waals surface area contributed by atoms with Crippen LogP contribution >= 0.6 is 15.9 Å². The zero-order valence-corrected chi connectivity index (χ0v) is 13.6. The molecule has 0 aliphatic heterocycles. The topological polar surface area (TPSA) is 50.7 Å². The van der Waals surface area contributed by atoms with E-state index >= 15 is 0 Å². The number of hydrogen-bond acceptors (Lipinski definition) is 3. The summed E-state index contributed by atoms with van der Waals surface area (Å²) in [4.78, 5) is 12.1. The van der Waals surface area contributed by atoms with Crippen molar-refractivity contribution in [2.24, 2.45) is 22.9 Å². The number of methoxy groups -OCH3 is 1. The molecule has 2 saturated carbocycles. The third-order valence-electron chi connectivity index (χ3n) is 4.53. The number of ether oxygens (including phenoxy) is 1. The summed E-state index contributed by atoms with van der Waals surface area (Å²) >= 11 is 3.42. The first-order valence-electron chi connectivity index (χ1n) is 7.37. The number of nitrogens with one attached hydrogen (secondary N) is 1. The van der Waals surface area contributed by atoms with Gasteiger partial charge in [-0.15, -0.1) is 0 Å². The molecular weight excluding hydrogens is 332 g/mol. The Hall–Kier alpha value is -1.36. The average molecular weight is 351 g/mol. The van der Waals surface area contributed by atoms with E-state index in [1.54, 1.807) is 13.3 Å². The normalized spacial score (nSPS) is 27.2. The third-order valence-corrected chi connectivity index (χ3v) is 5.02. The highest BCUT2D eigenvalue weighted by atomic mass is 79.9. The second-order valence-corrected chi connectivity index (χ2v) is 6.67. The molecule has 0 aromatic heterocycles. The van der Waals surface area contributed by atoms with Gasteiger partial charge in [0.25, 0.3) is 0 Å². The number of nitrogens with zero attached hydrogens (tertiary/aromatic N) is 1. The minimum atomic E-state index is 0.0668. The first kappa shape index (κ1) is 14.6. The Labute approximate surface area is 133 Å². The quantitative estimate of drug-likeness (QED) is 0.668. The highest BCUT2D eigenvalue weighted by Crippen LogP contribution is 2.55. The summed E-state index contributed by atoms with van der Waals surface area (Å²) in [6.45, 7) is 0. The molecule has 2 aliphatic carbocycles. The summed E-state index contributed by atoms with van der Waals surface area (Å²) in [5.74, 6) is 2.20. The van der Waals surface area contributed by atoms with Gasteiger partial charge in [0.1, 0.15) is 5.75 Å². The van der Waals surface area contributed by atoms with Crippen LogP contribution in [0.2, 0.25) is 0 Å². The Morgan fingerprint density at radius 2 is 2.10 bits per heavy atom. The molecule has 5 heteroatoms. The molecule has 2 unspecified atom stereocenters. The summed E-state index contributed by atoms with van der Waals surface area (Å²) in [6, 6.07) is 5.68. The van der Waals surface area contributed by atoms with Gasteiger partial charge in [-0.2, -0.15) is 5.10 Å². The van der Waals surface area contributed by atoms with Crippen LogP contribution in [0.4, 0.5) is 0 Å². The summed E-state index contributed by atoms with van der Waals surface area (Å²) < 4.78 is 6.22. The van der Waals surface area contributed by atoms with Crippen LogP contribution in [0.1, 0.15) is 31.2 Å². The molecule has 0 saturated heterocycles. The highest BCUT2D eigenvalue weighted by molar-refractivity contribution is 9.10.